The number of hydrogen-bond acceptors (Lipinski definition) is 5. The van der Waals surface area contributed by atoms with Crippen molar-refractivity contribution < 1.29 is 13.9 Å². The predicted octanol–water partition coefficient (Wildman–Crippen LogP) is 2.45. The van der Waals surface area contributed by atoms with Gasteiger partial charge in [-0.2, -0.15) is 5.10 Å². The van der Waals surface area contributed by atoms with E-state index in [0.717, 1.165) is 40.9 Å². The molecular formula is C24H29FN6O2. The summed E-state index contributed by atoms with van der Waals surface area (Å²) in [6, 6.07) is 3.67. The van der Waals surface area contributed by atoms with Gasteiger partial charge in [-0.15, -0.1) is 0 Å². The van der Waals surface area contributed by atoms with Crippen LogP contribution in [0.2, 0.25) is 0 Å². The standard InChI is InChI=1S/C24H29FN6O2/c1-15(32)30-7-5-22(28-18-13-33-14-18)20(12-30)24(26)31-6-3-4-16-8-19(21(25)9-23(16)31)17-10-27-29(2)11-17/h8-11,18,26,28H,3-7,12-14H2,1-2H3. The van der Waals surface area contributed by atoms with Gasteiger partial charge in [-0.1, -0.05) is 0 Å². The first-order valence-electron chi connectivity index (χ1n) is 11.4. The lowest BCUT2D eigenvalue weighted by atomic mass is 9.95. The molecule has 2 N–H and O–H groups in total. The molecule has 0 saturated carbocycles. The molecule has 0 bridgehead atoms. The number of fused-ring (bicyclic) bond motifs is 1. The number of nitrogens with zero attached hydrogens (tertiary/aromatic N) is 4. The van der Waals surface area contributed by atoms with Gasteiger partial charge in [-0.25, -0.2) is 4.39 Å². The lowest BCUT2D eigenvalue weighted by Crippen LogP contribution is -2.50. The van der Waals surface area contributed by atoms with Crippen molar-refractivity contribution in [2.24, 2.45) is 7.05 Å². The first kappa shape index (κ1) is 21.6. The molecule has 1 aromatic carbocycles. The van der Waals surface area contributed by atoms with Crippen molar-refractivity contribution in [2.45, 2.75) is 32.2 Å². The number of anilines is 1. The Kier molecular flexibility index (Phi) is 5.65. The number of carbonyl (C=O) groups excluding carboxylic acids is 1. The van der Waals surface area contributed by atoms with Crippen LogP contribution in [0, 0.1) is 11.2 Å². The molecule has 0 radical (unpaired) electrons. The first-order chi connectivity index (χ1) is 15.9. The second-order valence-corrected chi connectivity index (χ2v) is 8.99. The number of amides is 1. The van der Waals surface area contributed by atoms with Gasteiger partial charge in [0.25, 0.3) is 0 Å². The molecule has 1 amide bonds. The number of nitrogens with one attached hydrogen (secondary N) is 2. The minimum Gasteiger partial charge on any atom is -0.381 e. The van der Waals surface area contributed by atoms with Gasteiger partial charge < -0.3 is 19.9 Å². The molecule has 5 rings (SSSR count). The highest BCUT2D eigenvalue weighted by atomic mass is 19.1. The minimum atomic E-state index is -0.325. The zero-order valence-electron chi connectivity index (χ0n) is 19.0. The summed E-state index contributed by atoms with van der Waals surface area (Å²) in [7, 11) is 1.81. The molecule has 1 saturated heterocycles. The van der Waals surface area contributed by atoms with Gasteiger partial charge in [0.05, 0.1) is 32.0 Å². The second kappa shape index (κ2) is 8.62. The molecule has 33 heavy (non-hydrogen) atoms. The van der Waals surface area contributed by atoms with E-state index in [0.29, 0.717) is 50.7 Å². The van der Waals surface area contributed by atoms with E-state index in [1.807, 2.05) is 18.0 Å². The lowest BCUT2D eigenvalue weighted by molar-refractivity contribution is -0.128. The smallest absolute Gasteiger partial charge is 0.219 e. The van der Waals surface area contributed by atoms with Crippen molar-refractivity contribution in [1.29, 1.82) is 5.41 Å². The summed E-state index contributed by atoms with van der Waals surface area (Å²) in [4.78, 5) is 15.7. The number of carbonyl (C=O) groups is 1. The average molecular weight is 453 g/mol. The Balaban J connectivity index is 1.49. The highest BCUT2D eigenvalue weighted by Crippen LogP contribution is 2.35. The number of ether oxygens (including phenoxy) is 1. The predicted molar refractivity (Wildman–Crippen MR) is 124 cm³/mol. The maximum atomic E-state index is 15.2. The topological polar surface area (TPSA) is 86.5 Å². The third-order valence-electron chi connectivity index (χ3n) is 6.67. The van der Waals surface area contributed by atoms with Crippen LogP contribution in [0.15, 0.2) is 35.8 Å². The van der Waals surface area contributed by atoms with Crippen molar-refractivity contribution in [1.82, 2.24) is 20.0 Å². The largest absolute Gasteiger partial charge is 0.381 e. The highest BCUT2D eigenvalue weighted by Gasteiger charge is 2.31. The van der Waals surface area contributed by atoms with Crippen LogP contribution < -0.4 is 10.2 Å². The fourth-order valence-corrected chi connectivity index (χ4v) is 4.76. The summed E-state index contributed by atoms with van der Waals surface area (Å²) in [5.74, 6) is 0.00472. The van der Waals surface area contributed by atoms with E-state index in [-0.39, 0.29) is 17.8 Å². The van der Waals surface area contributed by atoms with Crippen molar-refractivity contribution in [2.75, 3.05) is 37.7 Å². The average Bonchev–Trinajstić information content (AvgIpc) is 3.20. The molecule has 1 aromatic heterocycles. The Hall–Kier alpha value is -3.20. The molecule has 0 atom stereocenters. The number of rotatable bonds is 4. The zero-order chi connectivity index (χ0) is 23.1. The molecule has 9 heteroatoms. The Morgan fingerprint density at radius 2 is 2.09 bits per heavy atom. The van der Waals surface area contributed by atoms with Crippen molar-refractivity contribution in [3.05, 3.63) is 47.2 Å². The normalized spacial score (nSPS) is 18.8. The number of amidine groups is 1. The number of hydrogen-bond donors (Lipinski definition) is 2. The molecule has 0 spiro atoms. The summed E-state index contributed by atoms with van der Waals surface area (Å²) in [5, 5.41) is 16.8. The van der Waals surface area contributed by atoms with E-state index >= 15 is 4.39 Å². The number of benzene rings is 1. The van der Waals surface area contributed by atoms with Gasteiger partial charge in [0, 0.05) is 67.8 Å². The number of halogens is 1. The van der Waals surface area contributed by atoms with Crippen LogP contribution >= 0.6 is 0 Å². The quantitative estimate of drug-likeness (QED) is 0.550. The summed E-state index contributed by atoms with van der Waals surface area (Å²) in [6.45, 7) is 4.50. The molecule has 1 fully saturated rings. The summed E-state index contributed by atoms with van der Waals surface area (Å²) in [5.41, 5.74) is 4.81. The van der Waals surface area contributed by atoms with Crippen LogP contribution in [0.3, 0.4) is 0 Å². The molecule has 2 aromatic rings. The summed E-state index contributed by atoms with van der Waals surface area (Å²) in [6.07, 6.45) is 5.84. The fourth-order valence-electron chi connectivity index (χ4n) is 4.76. The molecular weight excluding hydrogens is 423 g/mol. The SMILES string of the molecule is CC(=O)N1CCC(NC2COC2)=C(C(=N)N2CCCc3cc(-c4cnn(C)c4)c(F)cc32)C1. The maximum absolute atomic E-state index is 15.2. The summed E-state index contributed by atoms with van der Waals surface area (Å²) < 4.78 is 22.2. The molecule has 8 nitrogen and oxygen atoms in total. The highest BCUT2D eigenvalue weighted by molar-refractivity contribution is 6.09. The second-order valence-electron chi connectivity index (χ2n) is 8.99. The Morgan fingerprint density at radius 3 is 2.76 bits per heavy atom. The maximum Gasteiger partial charge on any atom is 0.219 e. The first-order valence-corrected chi connectivity index (χ1v) is 11.4. The van der Waals surface area contributed by atoms with E-state index in [1.54, 1.807) is 35.0 Å². The Bertz CT molecular complexity index is 1140. The summed E-state index contributed by atoms with van der Waals surface area (Å²) >= 11 is 0. The van der Waals surface area contributed by atoms with E-state index in [9.17, 15) is 4.79 Å². The molecule has 0 unspecified atom stereocenters. The van der Waals surface area contributed by atoms with Crippen LogP contribution in [0.1, 0.15) is 25.3 Å². The van der Waals surface area contributed by atoms with Crippen LogP contribution in [0.25, 0.3) is 11.1 Å². The molecule has 3 aliphatic rings. The molecule has 3 aliphatic heterocycles. The van der Waals surface area contributed by atoms with Gasteiger partial charge in [0.2, 0.25) is 5.91 Å². The zero-order valence-corrected chi connectivity index (χ0v) is 19.0. The lowest BCUT2D eigenvalue weighted by Gasteiger charge is -2.38. The molecule has 0 aliphatic carbocycles. The van der Waals surface area contributed by atoms with Gasteiger partial charge >= 0.3 is 0 Å². The molecule has 174 valence electrons. The van der Waals surface area contributed by atoms with Gasteiger partial charge in [0.1, 0.15) is 11.7 Å². The van der Waals surface area contributed by atoms with Gasteiger partial charge in [-0.05, 0) is 30.5 Å². The van der Waals surface area contributed by atoms with Crippen LogP contribution in [0.5, 0.6) is 0 Å². The van der Waals surface area contributed by atoms with E-state index in [2.05, 4.69) is 10.4 Å². The van der Waals surface area contributed by atoms with Gasteiger partial charge in [0.15, 0.2) is 0 Å². The van der Waals surface area contributed by atoms with Gasteiger partial charge in [-0.3, -0.25) is 14.9 Å². The number of aryl methyl sites for hydroxylation is 2. The van der Waals surface area contributed by atoms with Crippen LogP contribution in [-0.4, -0.2) is 65.3 Å². The Labute approximate surface area is 192 Å². The fraction of sp³-hybridized carbons (Fsp3) is 0.458. The van der Waals surface area contributed by atoms with E-state index in [4.69, 9.17) is 10.1 Å². The van der Waals surface area contributed by atoms with Crippen molar-refractivity contribution in [3.8, 4) is 11.1 Å². The third kappa shape index (κ3) is 4.13. The van der Waals surface area contributed by atoms with Crippen molar-refractivity contribution >= 4 is 17.4 Å². The molecule has 4 heterocycles. The minimum absolute atomic E-state index is 0.00229. The van der Waals surface area contributed by atoms with Crippen molar-refractivity contribution in [3.63, 3.8) is 0 Å². The van der Waals surface area contributed by atoms with Crippen LogP contribution in [-0.2, 0) is 23.0 Å². The van der Waals surface area contributed by atoms with E-state index in [1.165, 1.54) is 0 Å². The monoisotopic (exact) mass is 452 g/mol. The van der Waals surface area contributed by atoms with E-state index < -0.39 is 0 Å². The third-order valence-corrected chi connectivity index (χ3v) is 6.67. The van der Waals surface area contributed by atoms with Crippen LogP contribution in [0.4, 0.5) is 10.1 Å². The Morgan fingerprint density at radius 1 is 1.27 bits per heavy atom. The number of aromatic nitrogens is 2.